The molecule has 0 bridgehead atoms. The molecule has 8 heteroatoms. The van der Waals surface area contributed by atoms with Crippen molar-refractivity contribution in [3.05, 3.63) is 82.1 Å². The van der Waals surface area contributed by atoms with Crippen LogP contribution in [0.2, 0.25) is 0 Å². The summed E-state index contributed by atoms with van der Waals surface area (Å²) in [6.45, 7) is 1.49. The summed E-state index contributed by atoms with van der Waals surface area (Å²) in [5.41, 5.74) is 1.02. The summed E-state index contributed by atoms with van der Waals surface area (Å²) in [5.74, 6) is 0.0315. The molecule has 0 aliphatic carbocycles. The molecule has 3 rings (SSSR count). The van der Waals surface area contributed by atoms with Crippen molar-refractivity contribution in [1.29, 1.82) is 0 Å². The molecule has 0 aliphatic rings. The van der Waals surface area contributed by atoms with Crippen LogP contribution in [-0.2, 0) is 4.74 Å². The number of Topliss-reactive ketones (excluding diaryl/α,β-unsaturated/α-hetero) is 1. The van der Waals surface area contributed by atoms with E-state index in [1.54, 1.807) is 30.3 Å². The fourth-order valence-electron chi connectivity index (χ4n) is 2.59. The fraction of sp³-hybridized carbons (Fsp3) is 0.143. The van der Waals surface area contributed by atoms with Crippen LogP contribution in [0.15, 0.2) is 65.1 Å². The van der Waals surface area contributed by atoms with Gasteiger partial charge in [-0.3, -0.25) is 14.9 Å². The number of ketones is 1. The van der Waals surface area contributed by atoms with Gasteiger partial charge in [0.1, 0.15) is 24.7 Å². The molecule has 148 valence electrons. The highest BCUT2D eigenvalue weighted by Gasteiger charge is 2.15. The van der Waals surface area contributed by atoms with Gasteiger partial charge >= 0.3 is 5.97 Å². The zero-order chi connectivity index (χ0) is 20.8. The summed E-state index contributed by atoms with van der Waals surface area (Å²) in [6.07, 6.45) is 0. The van der Waals surface area contributed by atoms with E-state index in [2.05, 4.69) is 0 Å². The predicted molar refractivity (Wildman–Crippen MR) is 103 cm³/mol. The Labute approximate surface area is 165 Å². The molecule has 0 radical (unpaired) electrons. The highest BCUT2D eigenvalue weighted by Crippen LogP contribution is 2.25. The summed E-state index contributed by atoms with van der Waals surface area (Å²) in [5, 5.41) is 10.7. The van der Waals surface area contributed by atoms with Gasteiger partial charge in [-0.1, -0.05) is 12.1 Å². The summed E-state index contributed by atoms with van der Waals surface area (Å²) < 4.78 is 16.1. The molecule has 3 aromatic rings. The number of hydrogen-bond acceptors (Lipinski definition) is 7. The van der Waals surface area contributed by atoms with Crippen LogP contribution in [0.5, 0.6) is 5.75 Å². The number of para-hydroxylation sites is 1. The second kappa shape index (κ2) is 8.83. The number of esters is 1. The molecule has 0 atom stereocenters. The Bertz CT molecular complexity index is 1040. The summed E-state index contributed by atoms with van der Waals surface area (Å²) in [7, 11) is 0. The molecule has 0 saturated heterocycles. The number of nitrogens with zero attached hydrogens (tertiary/aromatic N) is 1. The molecule has 0 aliphatic heterocycles. The van der Waals surface area contributed by atoms with Crippen LogP contribution in [0.25, 0.3) is 11.3 Å². The van der Waals surface area contributed by atoms with Crippen molar-refractivity contribution < 1.29 is 28.4 Å². The molecule has 2 aromatic carbocycles. The molecular formula is C21H17NO7. The number of non-ortho nitro benzene ring substituents is 1. The maximum atomic E-state index is 12.1. The Morgan fingerprint density at radius 2 is 1.72 bits per heavy atom. The van der Waals surface area contributed by atoms with Gasteiger partial charge in [-0.2, -0.15) is 0 Å². The Balaban J connectivity index is 1.54. The Morgan fingerprint density at radius 1 is 1.00 bits per heavy atom. The summed E-state index contributed by atoms with van der Waals surface area (Å²) in [4.78, 5) is 33.9. The van der Waals surface area contributed by atoms with E-state index >= 15 is 0 Å². The van der Waals surface area contributed by atoms with Gasteiger partial charge in [-0.05, 0) is 43.3 Å². The summed E-state index contributed by atoms with van der Waals surface area (Å²) >= 11 is 0. The molecule has 0 N–H and O–H groups in total. The van der Waals surface area contributed by atoms with Gasteiger partial charge in [-0.25, -0.2) is 4.79 Å². The van der Waals surface area contributed by atoms with E-state index in [-0.39, 0.29) is 30.4 Å². The number of furan rings is 1. The van der Waals surface area contributed by atoms with Crippen LogP contribution in [0.3, 0.4) is 0 Å². The van der Waals surface area contributed by atoms with Crippen molar-refractivity contribution in [3.8, 4) is 17.1 Å². The topological polar surface area (TPSA) is 109 Å². The van der Waals surface area contributed by atoms with Crippen molar-refractivity contribution in [2.75, 3.05) is 13.2 Å². The molecule has 8 nitrogen and oxygen atoms in total. The summed E-state index contributed by atoms with van der Waals surface area (Å²) in [6, 6.07) is 15.6. The zero-order valence-corrected chi connectivity index (χ0v) is 15.5. The lowest BCUT2D eigenvalue weighted by atomic mass is 10.1. The first-order valence-electron chi connectivity index (χ1n) is 8.70. The third kappa shape index (κ3) is 4.86. The number of carbonyl (C=O) groups excluding carboxylic acids is 2. The van der Waals surface area contributed by atoms with E-state index in [4.69, 9.17) is 13.9 Å². The average Bonchev–Trinajstić information content (AvgIpc) is 3.21. The first kappa shape index (κ1) is 19.8. The predicted octanol–water partition coefficient (Wildman–Crippen LogP) is 4.29. The van der Waals surface area contributed by atoms with Crippen molar-refractivity contribution in [2.24, 2.45) is 0 Å². The minimum Gasteiger partial charge on any atom is -0.489 e. The molecule has 0 amide bonds. The second-order valence-corrected chi connectivity index (χ2v) is 6.00. The lowest BCUT2D eigenvalue weighted by Crippen LogP contribution is -2.12. The van der Waals surface area contributed by atoms with E-state index in [0.29, 0.717) is 22.6 Å². The monoisotopic (exact) mass is 395 g/mol. The molecule has 1 heterocycles. The van der Waals surface area contributed by atoms with Crippen LogP contribution in [0.1, 0.15) is 27.8 Å². The number of nitro benzene ring substituents is 1. The van der Waals surface area contributed by atoms with Crippen molar-refractivity contribution in [1.82, 2.24) is 0 Å². The standard InChI is InChI=1S/C21H17NO7/c1-14(23)17-4-2-3-5-19(17)27-12-13-28-21(24)20-11-10-18(29-20)15-6-8-16(9-7-15)22(25)26/h2-11H,12-13H2,1H3. The van der Waals surface area contributed by atoms with E-state index in [0.717, 1.165) is 0 Å². The number of hydrogen-bond donors (Lipinski definition) is 0. The van der Waals surface area contributed by atoms with Crippen molar-refractivity contribution in [3.63, 3.8) is 0 Å². The number of rotatable bonds is 8. The van der Waals surface area contributed by atoms with Crippen LogP contribution >= 0.6 is 0 Å². The second-order valence-electron chi connectivity index (χ2n) is 6.00. The number of benzene rings is 2. The van der Waals surface area contributed by atoms with E-state index < -0.39 is 10.9 Å². The number of nitro groups is 1. The highest BCUT2D eigenvalue weighted by molar-refractivity contribution is 5.96. The van der Waals surface area contributed by atoms with Crippen LogP contribution in [0.4, 0.5) is 5.69 Å². The quantitative estimate of drug-likeness (QED) is 0.184. The maximum absolute atomic E-state index is 12.1. The van der Waals surface area contributed by atoms with Gasteiger partial charge in [0.25, 0.3) is 5.69 Å². The zero-order valence-electron chi connectivity index (χ0n) is 15.5. The van der Waals surface area contributed by atoms with Gasteiger partial charge in [0.2, 0.25) is 5.76 Å². The molecule has 0 unspecified atom stereocenters. The van der Waals surface area contributed by atoms with Gasteiger partial charge < -0.3 is 13.9 Å². The van der Waals surface area contributed by atoms with Crippen molar-refractivity contribution >= 4 is 17.4 Å². The Morgan fingerprint density at radius 3 is 2.41 bits per heavy atom. The molecular weight excluding hydrogens is 378 g/mol. The lowest BCUT2D eigenvalue weighted by Gasteiger charge is -2.09. The van der Waals surface area contributed by atoms with E-state index in [1.165, 1.54) is 37.3 Å². The smallest absolute Gasteiger partial charge is 0.374 e. The lowest BCUT2D eigenvalue weighted by molar-refractivity contribution is -0.384. The van der Waals surface area contributed by atoms with Gasteiger partial charge in [0, 0.05) is 17.7 Å². The molecule has 0 saturated carbocycles. The van der Waals surface area contributed by atoms with Gasteiger partial charge in [0.15, 0.2) is 5.78 Å². The SMILES string of the molecule is CC(=O)c1ccccc1OCCOC(=O)c1ccc(-c2ccc([N+](=O)[O-])cc2)o1. The maximum Gasteiger partial charge on any atom is 0.374 e. The first-order valence-corrected chi connectivity index (χ1v) is 8.70. The third-order valence-corrected chi connectivity index (χ3v) is 4.01. The molecule has 1 aromatic heterocycles. The van der Waals surface area contributed by atoms with E-state index in [9.17, 15) is 19.7 Å². The minimum absolute atomic E-state index is 0.00230. The minimum atomic E-state index is -0.665. The number of ether oxygens (including phenoxy) is 2. The normalized spacial score (nSPS) is 10.4. The van der Waals surface area contributed by atoms with Gasteiger partial charge in [-0.15, -0.1) is 0 Å². The fourth-order valence-corrected chi connectivity index (χ4v) is 2.59. The van der Waals surface area contributed by atoms with Crippen LogP contribution < -0.4 is 4.74 Å². The third-order valence-electron chi connectivity index (χ3n) is 4.01. The van der Waals surface area contributed by atoms with E-state index in [1.807, 2.05) is 0 Å². The van der Waals surface area contributed by atoms with Crippen LogP contribution in [-0.4, -0.2) is 29.9 Å². The largest absolute Gasteiger partial charge is 0.489 e. The highest BCUT2D eigenvalue weighted by atomic mass is 16.6. The Kier molecular flexibility index (Phi) is 6.03. The molecule has 0 spiro atoms. The average molecular weight is 395 g/mol. The van der Waals surface area contributed by atoms with Crippen LogP contribution in [0, 0.1) is 10.1 Å². The Hall–Kier alpha value is -3.94. The number of carbonyl (C=O) groups is 2. The van der Waals surface area contributed by atoms with Gasteiger partial charge in [0.05, 0.1) is 10.5 Å². The molecule has 0 fully saturated rings. The first-order chi connectivity index (χ1) is 14.0. The van der Waals surface area contributed by atoms with Crippen molar-refractivity contribution in [2.45, 2.75) is 6.92 Å². The molecule has 29 heavy (non-hydrogen) atoms.